The maximum Gasteiger partial charge on any atom is 0.0698 e. The minimum absolute atomic E-state index is 0.900. The Hall–Kier alpha value is -2.03. The second-order valence-electron chi connectivity index (χ2n) is 5.36. The standard InChI is InChI=1S/C17H23N3/c1-19(2)17(14-10-6-5-7-11-14)15-12-8-9-13-16(15)18-20(3)4/h5-11H,12-13H2,1-4H3. The zero-order valence-electron chi connectivity index (χ0n) is 12.8. The van der Waals surface area contributed by atoms with Crippen LogP contribution in [0.15, 0.2) is 53.2 Å². The zero-order chi connectivity index (χ0) is 14.5. The van der Waals surface area contributed by atoms with Crippen molar-refractivity contribution in [2.45, 2.75) is 12.8 Å². The molecule has 0 heterocycles. The largest absolute Gasteiger partial charge is 0.377 e. The van der Waals surface area contributed by atoms with Crippen molar-refractivity contribution in [1.29, 1.82) is 0 Å². The molecule has 20 heavy (non-hydrogen) atoms. The maximum atomic E-state index is 4.66. The maximum absolute atomic E-state index is 4.66. The lowest BCUT2D eigenvalue weighted by Gasteiger charge is -2.25. The number of hydrogen-bond donors (Lipinski definition) is 0. The first-order chi connectivity index (χ1) is 9.59. The van der Waals surface area contributed by atoms with Gasteiger partial charge < -0.3 is 9.91 Å². The van der Waals surface area contributed by atoms with Crippen molar-refractivity contribution >= 4 is 11.4 Å². The van der Waals surface area contributed by atoms with Crippen LogP contribution in [0.5, 0.6) is 0 Å². The van der Waals surface area contributed by atoms with Crippen molar-refractivity contribution in [3.63, 3.8) is 0 Å². The molecule has 3 heteroatoms. The molecular weight excluding hydrogens is 246 g/mol. The van der Waals surface area contributed by atoms with E-state index in [4.69, 9.17) is 0 Å². The van der Waals surface area contributed by atoms with E-state index in [1.165, 1.54) is 16.8 Å². The van der Waals surface area contributed by atoms with E-state index in [1.807, 2.05) is 19.1 Å². The Morgan fingerprint density at radius 2 is 1.60 bits per heavy atom. The zero-order valence-corrected chi connectivity index (χ0v) is 12.8. The summed E-state index contributed by atoms with van der Waals surface area (Å²) in [4.78, 5) is 2.19. The van der Waals surface area contributed by atoms with E-state index >= 15 is 0 Å². The van der Waals surface area contributed by atoms with Gasteiger partial charge in [-0.25, -0.2) is 0 Å². The van der Waals surface area contributed by atoms with Gasteiger partial charge in [-0.1, -0.05) is 42.5 Å². The summed E-state index contributed by atoms with van der Waals surface area (Å²) in [7, 11) is 8.14. The lowest BCUT2D eigenvalue weighted by atomic mass is 9.93. The van der Waals surface area contributed by atoms with Crippen molar-refractivity contribution in [2.75, 3.05) is 28.2 Å². The smallest absolute Gasteiger partial charge is 0.0698 e. The van der Waals surface area contributed by atoms with Crippen LogP contribution in [0.1, 0.15) is 18.4 Å². The van der Waals surface area contributed by atoms with Crippen LogP contribution in [0.3, 0.4) is 0 Å². The SMILES string of the molecule is CN(C)N=C1CC=CCC1=C(c1ccccc1)N(C)C. The molecule has 0 aromatic heterocycles. The Labute approximate surface area is 121 Å². The highest BCUT2D eigenvalue weighted by Gasteiger charge is 2.18. The molecule has 2 rings (SSSR count). The molecule has 0 fully saturated rings. The summed E-state index contributed by atoms with van der Waals surface area (Å²) in [6.07, 6.45) is 6.27. The fourth-order valence-electron chi connectivity index (χ4n) is 2.51. The van der Waals surface area contributed by atoms with Crippen LogP contribution in [0.2, 0.25) is 0 Å². The van der Waals surface area contributed by atoms with Gasteiger partial charge in [-0.2, -0.15) is 5.10 Å². The van der Waals surface area contributed by atoms with Crippen LogP contribution in [-0.4, -0.2) is 43.8 Å². The molecule has 0 saturated heterocycles. The minimum atomic E-state index is 0.900. The van der Waals surface area contributed by atoms with Gasteiger partial charge in [0.25, 0.3) is 0 Å². The fourth-order valence-corrected chi connectivity index (χ4v) is 2.51. The third-order valence-corrected chi connectivity index (χ3v) is 3.25. The van der Waals surface area contributed by atoms with Crippen molar-refractivity contribution in [2.24, 2.45) is 5.10 Å². The predicted octanol–water partition coefficient (Wildman–Crippen LogP) is 3.23. The summed E-state index contributed by atoms with van der Waals surface area (Å²) in [5.74, 6) is 0. The number of hydrogen-bond acceptors (Lipinski definition) is 3. The molecule has 0 aliphatic heterocycles. The molecule has 0 saturated carbocycles. The molecule has 1 aliphatic rings. The second kappa shape index (κ2) is 6.42. The Kier molecular flexibility index (Phi) is 4.61. The molecule has 0 amide bonds. The van der Waals surface area contributed by atoms with Gasteiger partial charge >= 0.3 is 0 Å². The molecule has 0 unspecified atom stereocenters. The highest BCUT2D eigenvalue weighted by Crippen LogP contribution is 2.27. The van der Waals surface area contributed by atoms with Crippen LogP contribution >= 0.6 is 0 Å². The molecule has 0 atom stereocenters. The topological polar surface area (TPSA) is 18.8 Å². The van der Waals surface area contributed by atoms with Crippen molar-refractivity contribution in [3.8, 4) is 0 Å². The minimum Gasteiger partial charge on any atom is -0.377 e. The normalized spacial score (nSPS) is 19.1. The summed E-state index contributed by atoms with van der Waals surface area (Å²) in [6, 6.07) is 10.5. The predicted molar refractivity (Wildman–Crippen MR) is 86.5 cm³/mol. The van der Waals surface area contributed by atoms with Crippen LogP contribution in [0.25, 0.3) is 5.70 Å². The van der Waals surface area contributed by atoms with Gasteiger partial charge in [-0.3, -0.25) is 0 Å². The summed E-state index contributed by atoms with van der Waals surface area (Å²) >= 11 is 0. The van der Waals surface area contributed by atoms with Crippen molar-refractivity contribution < 1.29 is 0 Å². The Morgan fingerprint density at radius 3 is 2.20 bits per heavy atom. The number of hydrazone groups is 1. The van der Waals surface area contributed by atoms with E-state index in [9.17, 15) is 0 Å². The van der Waals surface area contributed by atoms with Gasteiger partial charge in [0.05, 0.1) is 5.71 Å². The van der Waals surface area contributed by atoms with E-state index in [-0.39, 0.29) is 0 Å². The Bertz CT molecular complexity index is 537. The molecule has 0 N–H and O–H groups in total. The quantitative estimate of drug-likeness (QED) is 0.620. The first kappa shape index (κ1) is 14.4. The number of allylic oxidation sites excluding steroid dienone is 3. The molecule has 1 aliphatic carbocycles. The summed E-state index contributed by atoms with van der Waals surface area (Å²) in [5.41, 5.74) is 4.98. The van der Waals surface area contributed by atoms with Gasteiger partial charge in [-0.15, -0.1) is 0 Å². The van der Waals surface area contributed by atoms with E-state index in [0.29, 0.717) is 0 Å². The lowest BCUT2D eigenvalue weighted by Crippen LogP contribution is -2.19. The highest BCUT2D eigenvalue weighted by atomic mass is 15.4. The summed E-state index contributed by atoms with van der Waals surface area (Å²) in [6.45, 7) is 0. The summed E-state index contributed by atoms with van der Waals surface area (Å²) in [5, 5.41) is 6.54. The van der Waals surface area contributed by atoms with Crippen molar-refractivity contribution in [1.82, 2.24) is 9.91 Å². The van der Waals surface area contributed by atoms with Gasteiger partial charge in [0.15, 0.2) is 0 Å². The molecule has 1 aromatic rings. The van der Waals surface area contributed by atoms with Crippen LogP contribution in [0.4, 0.5) is 0 Å². The first-order valence-corrected chi connectivity index (χ1v) is 6.95. The summed E-state index contributed by atoms with van der Waals surface area (Å²) < 4.78 is 0. The fraction of sp³-hybridized carbons (Fsp3) is 0.353. The molecule has 3 nitrogen and oxygen atoms in total. The van der Waals surface area contributed by atoms with Crippen LogP contribution in [-0.2, 0) is 0 Å². The number of nitrogens with zero attached hydrogens (tertiary/aromatic N) is 3. The van der Waals surface area contributed by atoms with Gasteiger partial charge in [0.2, 0.25) is 0 Å². The van der Waals surface area contributed by atoms with Crippen LogP contribution < -0.4 is 0 Å². The molecule has 0 bridgehead atoms. The number of benzene rings is 1. The Balaban J connectivity index is 2.56. The molecule has 0 spiro atoms. The van der Waals surface area contributed by atoms with Crippen LogP contribution in [0, 0.1) is 0 Å². The van der Waals surface area contributed by atoms with E-state index in [1.54, 1.807) is 0 Å². The third kappa shape index (κ3) is 3.29. The highest BCUT2D eigenvalue weighted by molar-refractivity contribution is 6.07. The molecule has 106 valence electrons. The second-order valence-corrected chi connectivity index (χ2v) is 5.36. The Morgan fingerprint density at radius 1 is 0.950 bits per heavy atom. The van der Waals surface area contributed by atoms with Gasteiger partial charge in [0.1, 0.15) is 0 Å². The van der Waals surface area contributed by atoms with E-state index < -0.39 is 0 Å². The lowest BCUT2D eigenvalue weighted by molar-refractivity contribution is 0.436. The average Bonchev–Trinajstić information content (AvgIpc) is 2.41. The number of rotatable bonds is 3. The molecular formula is C17H23N3. The molecule has 1 aromatic carbocycles. The molecule has 0 radical (unpaired) electrons. The van der Waals surface area contributed by atoms with Crippen molar-refractivity contribution in [3.05, 3.63) is 53.6 Å². The first-order valence-electron chi connectivity index (χ1n) is 6.95. The van der Waals surface area contributed by atoms with E-state index in [2.05, 4.69) is 66.6 Å². The van der Waals surface area contributed by atoms with Gasteiger partial charge in [0, 0.05) is 45.9 Å². The van der Waals surface area contributed by atoms with E-state index in [0.717, 1.165) is 18.6 Å². The monoisotopic (exact) mass is 269 g/mol. The third-order valence-electron chi connectivity index (χ3n) is 3.25. The average molecular weight is 269 g/mol. The van der Waals surface area contributed by atoms with Gasteiger partial charge in [-0.05, 0) is 12.0 Å².